The summed E-state index contributed by atoms with van der Waals surface area (Å²) in [5, 5.41) is 18.7. The molecule has 16 heavy (non-hydrogen) atoms. The Balaban J connectivity index is 2.62. The van der Waals surface area contributed by atoms with E-state index in [1.807, 2.05) is 0 Å². The van der Waals surface area contributed by atoms with Gasteiger partial charge in [0.25, 0.3) is 0 Å². The molecular formula is C12H8F2O2. The van der Waals surface area contributed by atoms with Crippen LogP contribution in [0.25, 0.3) is 11.1 Å². The molecule has 0 spiro atoms. The molecule has 0 saturated heterocycles. The molecule has 2 aromatic rings. The average Bonchev–Trinajstić information content (AvgIpc) is 2.20. The molecule has 0 heterocycles. The molecule has 0 aliphatic heterocycles. The molecule has 0 aliphatic carbocycles. The number of benzene rings is 2. The first kappa shape index (κ1) is 10.4. The van der Waals surface area contributed by atoms with Crippen molar-refractivity contribution in [3.8, 4) is 22.6 Å². The van der Waals surface area contributed by atoms with Gasteiger partial charge in [-0.25, -0.2) is 8.78 Å². The predicted octanol–water partition coefficient (Wildman–Crippen LogP) is 3.04. The largest absolute Gasteiger partial charge is 0.508 e. The van der Waals surface area contributed by atoms with E-state index in [2.05, 4.69) is 0 Å². The minimum Gasteiger partial charge on any atom is -0.508 e. The summed E-state index contributed by atoms with van der Waals surface area (Å²) < 4.78 is 26.0. The second-order valence-corrected chi connectivity index (χ2v) is 3.36. The molecule has 2 aromatic carbocycles. The fourth-order valence-electron chi connectivity index (χ4n) is 1.47. The molecule has 0 radical (unpaired) electrons. The summed E-state index contributed by atoms with van der Waals surface area (Å²) in [7, 11) is 0. The lowest BCUT2D eigenvalue weighted by Crippen LogP contribution is -1.84. The van der Waals surface area contributed by atoms with Gasteiger partial charge in [-0.1, -0.05) is 0 Å². The first-order valence-electron chi connectivity index (χ1n) is 4.55. The zero-order chi connectivity index (χ0) is 11.7. The fraction of sp³-hybridized carbons (Fsp3) is 0. The van der Waals surface area contributed by atoms with Gasteiger partial charge in [-0.15, -0.1) is 0 Å². The lowest BCUT2D eigenvalue weighted by atomic mass is 10.0. The van der Waals surface area contributed by atoms with Gasteiger partial charge in [-0.2, -0.15) is 0 Å². The van der Waals surface area contributed by atoms with E-state index in [1.54, 1.807) is 0 Å². The number of hydrogen-bond acceptors (Lipinski definition) is 2. The van der Waals surface area contributed by atoms with E-state index in [9.17, 15) is 19.0 Å². The van der Waals surface area contributed by atoms with Crippen LogP contribution in [0.15, 0.2) is 36.4 Å². The van der Waals surface area contributed by atoms with Gasteiger partial charge in [0, 0.05) is 11.6 Å². The van der Waals surface area contributed by atoms with Crippen molar-refractivity contribution in [2.75, 3.05) is 0 Å². The molecule has 82 valence electrons. The van der Waals surface area contributed by atoms with Gasteiger partial charge in [0.2, 0.25) is 0 Å². The van der Waals surface area contributed by atoms with Gasteiger partial charge >= 0.3 is 0 Å². The summed E-state index contributed by atoms with van der Waals surface area (Å²) in [6.07, 6.45) is 0. The third-order valence-corrected chi connectivity index (χ3v) is 2.15. The molecule has 0 saturated carbocycles. The van der Waals surface area contributed by atoms with E-state index in [1.165, 1.54) is 12.1 Å². The minimum absolute atomic E-state index is 0.134. The molecule has 0 unspecified atom stereocenters. The van der Waals surface area contributed by atoms with Crippen LogP contribution in [0.3, 0.4) is 0 Å². The quantitative estimate of drug-likeness (QED) is 0.778. The van der Waals surface area contributed by atoms with Crippen molar-refractivity contribution in [1.29, 1.82) is 0 Å². The zero-order valence-electron chi connectivity index (χ0n) is 8.11. The van der Waals surface area contributed by atoms with Gasteiger partial charge in [0.15, 0.2) is 0 Å². The molecule has 2 N–H and O–H groups in total. The summed E-state index contributed by atoms with van der Waals surface area (Å²) in [5.41, 5.74) is 0.351. The molecule has 2 rings (SSSR count). The lowest BCUT2D eigenvalue weighted by Gasteiger charge is -2.05. The maximum atomic E-state index is 13.0. The molecule has 0 atom stereocenters. The Morgan fingerprint density at radius 2 is 1.56 bits per heavy atom. The maximum absolute atomic E-state index is 13.0. The van der Waals surface area contributed by atoms with Crippen LogP contribution in [0, 0.1) is 11.6 Å². The minimum atomic E-state index is -0.654. The van der Waals surface area contributed by atoms with Gasteiger partial charge < -0.3 is 10.2 Å². The highest BCUT2D eigenvalue weighted by Gasteiger charge is 2.08. The maximum Gasteiger partial charge on any atom is 0.127 e. The van der Waals surface area contributed by atoms with E-state index in [0.717, 1.165) is 24.3 Å². The Labute approximate surface area is 90.4 Å². The fourth-order valence-corrected chi connectivity index (χ4v) is 1.47. The zero-order valence-corrected chi connectivity index (χ0v) is 8.11. The highest BCUT2D eigenvalue weighted by atomic mass is 19.1. The number of phenols is 2. The van der Waals surface area contributed by atoms with Crippen molar-refractivity contribution >= 4 is 0 Å². The molecular weight excluding hydrogens is 214 g/mol. The topological polar surface area (TPSA) is 40.5 Å². The van der Waals surface area contributed by atoms with Crippen molar-refractivity contribution in [3.05, 3.63) is 48.0 Å². The molecule has 4 heteroatoms. The number of hydrogen-bond donors (Lipinski definition) is 2. The Kier molecular flexibility index (Phi) is 2.48. The normalized spacial score (nSPS) is 10.4. The Morgan fingerprint density at radius 1 is 0.812 bits per heavy atom. The average molecular weight is 222 g/mol. The van der Waals surface area contributed by atoms with E-state index >= 15 is 0 Å². The van der Waals surface area contributed by atoms with Crippen molar-refractivity contribution < 1.29 is 19.0 Å². The van der Waals surface area contributed by atoms with Crippen LogP contribution in [-0.2, 0) is 0 Å². The third kappa shape index (κ3) is 1.95. The van der Waals surface area contributed by atoms with E-state index in [4.69, 9.17) is 0 Å². The van der Waals surface area contributed by atoms with Crippen LogP contribution in [0.2, 0.25) is 0 Å². The lowest BCUT2D eigenvalue weighted by molar-refractivity contribution is 0.468. The van der Waals surface area contributed by atoms with Crippen LogP contribution < -0.4 is 0 Å². The van der Waals surface area contributed by atoms with Gasteiger partial charge in [0.05, 0.1) is 0 Å². The molecule has 0 amide bonds. The SMILES string of the molecule is Oc1cc(F)cc(-c2cc(F)ccc2O)c1. The summed E-state index contributed by atoms with van der Waals surface area (Å²) >= 11 is 0. The van der Waals surface area contributed by atoms with E-state index in [0.29, 0.717) is 0 Å². The smallest absolute Gasteiger partial charge is 0.127 e. The first-order valence-corrected chi connectivity index (χ1v) is 4.55. The van der Waals surface area contributed by atoms with Gasteiger partial charge in [-0.3, -0.25) is 0 Å². The standard InChI is InChI=1S/C12H8F2O2/c13-8-1-2-12(16)11(6-8)7-3-9(14)5-10(15)4-7/h1-6,15-16H. The molecule has 0 aliphatic rings. The van der Waals surface area contributed by atoms with Crippen LogP contribution in [0.5, 0.6) is 11.5 Å². The Morgan fingerprint density at radius 3 is 2.25 bits per heavy atom. The highest BCUT2D eigenvalue weighted by Crippen LogP contribution is 2.32. The molecule has 2 nitrogen and oxygen atoms in total. The Bertz CT molecular complexity index is 518. The summed E-state index contributed by atoms with van der Waals surface area (Å²) in [6, 6.07) is 6.62. The second-order valence-electron chi connectivity index (χ2n) is 3.36. The third-order valence-electron chi connectivity index (χ3n) is 2.15. The number of halogens is 2. The predicted molar refractivity (Wildman–Crippen MR) is 55.1 cm³/mol. The number of rotatable bonds is 1. The van der Waals surface area contributed by atoms with Crippen molar-refractivity contribution in [1.82, 2.24) is 0 Å². The first-order chi connectivity index (χ1) is 7.56. The van der Waals surface area contributed by atoms with Crippen molar-refractivity contribution in [3.63, 3.8) is 0 Å². The molecule has 0 fully saturated rings. The second kappa shape index (κ2) is 3.81. The van der Waals surface area contributed by atoms with Crippen LogP contribution >= 0.6 is 0 Å². The summed E-state index contributed by atoms with van der Waals surface area (Å²) in [4.78, 5) is 0. The highest BCUT2D eigenvalue weighted by molar-refractivity contribution is 5.71. The molecule has 0 bridgehead atoms. The van der Waals surface area contributed by atoms with Crippen LogP contribution in [-0.4, -0.2) is 10.2 Å². The van der Waals surface area contributed by atoms with Crippen LogP contribution in [0.1, 0.15) is 0 Å². The monoisotopic (exact) mass is 222 g/mol. The van der Waals surface area contributed by atoms with E-state index < -0.39 is 11.6 Å². The number of phenolic OH excluding ortho intramolecular Hbond substituents is 2. The number of aromatic hydroxyl groups is 2. The van der Waals surface area contributed by atoms with Crippen molar-refractivity contribution in [2.45, 2.75) is 0 Å². The van der Waals surface area contributed by atoms with Crippen molar-refractivity contribution in [2.24, 2.45) is 0 Å². The van der Waals surface area contributed by atoms with Gasteiger partial charge in [0.1, 0.15) is 23.1 Å². The van der Waals surface area contributed by atoms with Crippen LogP contribution in [0.4, 0.5) is 8.78 Å². The van der Waals surface area contributed by atoms with E-state index in [-0.39, 0.29) is 22.6 Å². The molecule has 0 aromatic heterocycles. The summed E-state index contributed by atoms with van der Waals surface area (Å²) in [6.45, 7) is 0. The Hall–Kier alpha value is -2.10. The summed E-state index contributed by atoms with van der Waals surface area (Å²) in [5.74, 6) is -1.65. The van der Waals surface area contributed by atoms with Gasteiger partial charge in [-0.05, 0) is 35.9 Å².